The predicted molar refractivity (Wildman–Crippen MR) is 134 cm³/mol. The van der Waals surface area contributed by atoms with Crippen LogP contribution in [-0.2, 0) is 6.54 Å². The molecule has 8 heteroatoms. The number of nitrogens with zero attached hydrogens (tertiary/aromatic N) is 5. The van der Waals surface area contributed by atoms with Crippen LogP contribution in [0.25, 0.3) is 5.82 Å². The summed E-state index contributed by atoms with van der Waals surface area (Å²) in [5, 5.41) is 3.48. The molecule has 1 unspecified atom stereocenters. The molecule has 0 bridgehead atoms. The average molecular weight is 532 g/mol. The number of guanidine groups is 1. The fraction of sp³-hybridized carbons (Fsp3) is 0.348. The molecule has 31 heavy (non-hydrogen) atoms. The van der Waals surface area contributed by atoms with Crippen molar-refractivity contribution in [2.75, 3.05) is 27.2 Å². The number of nitrogens with one attached hydrogen (secondary N) is 1. The van der Waals surface area contributed by atoms with Crippen LogP contribution in [0.15, 0.2) is 60.0 Å². The van der Waals surface area contributed by atoms with Gasteiger partial charge in [0.1, 0.15) is 17.4 Å². The van der Waals surface area contributed by atoms with E-state index >= 15 is 0 Å². The normalized spacial score (nSPS) is 16.2. The van der Waals surface area contributed by atoms with E-state index in [2.05, 4.69) is 43.4 Å². The summed E-state index contributed by atoms with van der Waals surface area (Å²) in [5.74, 6) is 4.14. The fourth-order valence-electron chi connectivity index (χ4n) is 3.90. The lowest BCUT2D eigenvalue weighted by Crippen LogP contribution is -2.39. The van der Waals surface area contributed by atoms with Crippen molar-refractivity contribution in [1.82, 2.24) is 24.8 Å². The third kappa shape index (κ3) is 5.36. The van der Waals surface area contributed by atoms with Crippen LogP contribution in [0.3, 0.4) is 0 Å². The molecule has 1 aliphatic rings. The maximum absolute atomic E-state index is 5.27. The molecule has 0 spiro atoms. The second-order valence-corrected chi connectivity index (χ2v) is 7.47. The number of methoxy groups -OCH3 is 1. The number of aliphatic imine (C=N–C) groups is 1. The number of ether oxygens (including phenoxy) is 1. The molecule has 0 saturated carbocycles. The highest BCUT2D eigenvalue weighted by atomic mass is 127. The molecular formula is C23H29IN6O. The van der Waals surface area contributed by atoms with E-state index in [1.165, 1.54) is 5.56 Å². The van der Waals surface area contributed by atoms with Crippen LogP contribution in [0.4, 0.5) is 0 Å². The SMILES string of the molecule is CN=C(NCc1ccc(-n2ccnc2C)nc1)N1CCC(c2ccc(OC)cc2)C1.I. The summed E-state index contributed by atoms with van der Waals surface area (Å²) in [6.07, 6.45) is 6.72. The molecule has 3 aromatic rings. The van der Waals surface area contributed by atoms with Gasteiger partial charge in [-0.05, 0) is 42.7 Å². The summed E-state index contributed by atoms with van der Waals surface area (Å²) < 4.78 is 7.24. The standard InChI is InChI=1S/C23H28N6O.HI/c1-17-25-11-13-29(17)22-9-4-18(14-26-22)15-27-23(24-2)28-12-10-20(16-28)19-5-7-21(30-3)8-6-19;/h4-9,11,13-14,20H,10,12,15-16H2,1-3H3,(H,24,27);1H. The molecule has 1 saturated heterocycles. The number of halogens is 1. The minimum absolute atomic E-state index is 0. The minimum Gasteiger partial charge on any atom is -0.497 e. The van der Waals surface area contributed by atoms with Crippen LogP contribution >= 0.6 is 24.0 Å². The monoisotopic (exact) mass is 532 g/mol. The van der Waals surface area contributed by atoms with E-state index in [-0.39, 0.29) is 24.0 Å². The Bertz CT molecular complexity index is 1000. The lowest BCUT2D eigenvalue weighted by Gasteiger charge is -2.22. The summed E-state index contributed by atoms with van der Waals surface area (Å²) in [4.78, 5) is 15.6. The third-order valence-corrected chi connectivity index (χ3v) is 5.62. The first kappa shape index (κ1) is 23.1. The molecule has 3 heterocycles. The van der Waals surface area contributed by atoms with Crippen molar-refractivity contribution in [2.45, 2.75) is 25.8 Å². The third-order valence-electron chi connectivity index (χ3n) is 5.62. The molecule has 1 fully saturated rings. The highest BCUT2D eigenvalue weighted by Gasteiger charge is 2.26. The first-order valence-electron chi connectivity index (χ1n) is 10.2. The van der Waals surface area contributed by atoms with Crippen molar-refractivity contribution in [3.05, 3.63) is 71.9 Å². The van der Waals surface area contributed by atoms with E-state index in [1.54, 1.807) is 13.3 Å². The van der Waals surface area contributed by atoms with Gasteiger partial charge in [-0.1, -0.05) is 18.2 Å². The van der Waals surface area contributed by atoms with Gasteiger partial charge in [0.25, 0.3) is 0 Å². The van der Waals surface area contributed by atoms with Gasteiger partial charge in [-0.15, -0.1) is 24.0 Å². The zero-order valence-corrected chi connectivity index (χ0v) is 20.5. The number of aromatic nitrogens is 3. The molecule has 0 radical (unpaired) electrons. The smallest absolute Gasteiger partial charge is 0.193 e. The van der Waals surface area contributed by atoms with Crippen molar-refractivity contribution in [3.63, 3.8) is 0 Å². The molecule has 2 aromatic heterocycles. The summed E-state index contributed by atoms with van der Waals surface area (Å²) >= 11 is 0. The van der Waals surface area contributed by atoms with Gasteiger partial charge in [0.05, 0.1) is 7.11 Å². The number of benzene rings is 1. The van der Waals surface area contributed by atoms with E-state index in [9.17, 15) is 0 Å². The molecule has 4 rings (SSSR count). The van der Waals surface area contributed by atoms with Gasteiger partial charge >= 0.3 is 0 Å². The second kappa shape index (κ2) is 10.6. The van der Waals surface area contributed by atoms with E-state index in [1.807, 2.05) is 49.1 Å². The zero-order chi connectivity index (χ0) is 20.9. The second-order valence-electron chi connectivity index (χ2n) is 7.47. The maximum Gasteiger partial charge on any atom is 0.193 e. The largest absolute Gasteiger partial charge is 0.497 e. The Hall–Kier alpha value is -2.62. The van der Waals surface area contributed by atoms with Crippen LogP contribution < -0.4 is 10.1 Å². The average Bonchev–Trinajstić information content (AvgIpc) is 3.44. The molecule has 7 nitrogen and oxygen atoms in total. The quantitative estimate of drug-likeness (QED) is 0.308. The van der Waals surface area contributed by atoms with Crippen molar-refractivity contribution >= 4 is 29.9 Å². The molecule has 1 N–H and O–H groups in total. The number of pyridine rings is 1. The number of imidazole rings is 1. The van der Waals surface area contributed by atoms with E-state index in [0.29, 0.717) is 12.5 Å². The Labute approximate surface area is 200 Å². The van der Waals surface area contributed by atoms with Gasteiger partial charge < -0.3 is 15.0 Å². The van der Waals surface area contributed by atoms with E-state index < -0.39 is 0 Å². The number of hydrogen-bond donors (Lipinski definition) is 1. The maximum atomic E-state index is 5.27. The topological polar surface area (TPSA) is 67.6 Å². The summed E-state index contributed by atoms with van der Waals surface area (Å²) in [6.45, 7) is 4.61. The minimum atomic E-state index is 0. The summed E-state index contributed by atoms with van der Waals surface area (Å²) in [6, 6.07) is 12.5. The Morgan fingerprint density at radius 3 is 2.61 bits per heavy atom. The Balaban J connectivity index is 0.00000272. The predicted octanol–water partition coefficient (Wildman–Crippen LogP) is 3.77. The summed E-state index contributed by atoms with van der Waals surface area (Å²) in [5.41, 5.74) is 2.46. The molecule has 1 aliphatic heterocycles. The fourth-order valence-corrected chi connectivity index (χ4v) is 3.90. The van der Waals surface area contributed by atoms with Crippen molar-refractivity contribution in [2.24, 2.45) is 4.99 Å². The molecule has 164 valence electrons. The van der Waals surface area contributed by atoms with E-state index in [0.717, 1.165) is 48.4 Å². The van der Waals surface area contributed by atoms with Gasteiger partial charge in [-0.2, -0.15) is 0 Å². The Kier molecular flexibility index (Phi) is 7.89. The van der Waals surface area contributed by atoms with Gasteiger partial charge in [-0.25, -0.2) is 9.97 Å². The van der Waals surface area contributed by atoms with Crippen molar-refractivity contribution in [3.8, 4) is 11.6 Å². The lowest BCUT2D eigenvalue weighted by molar-refractivity contribution is 0.414. The Morgan fingerprint density at radius 2 is 2.00 bits per heavy atom. The number of aryl methyl sites for hydroxylation is 1. The summed E-state index contributed by atoms with van der Waals surface area (Å²) in [7, 11) is 3.54. The highest BCUT2D eigenvalue weighted by Crippen LogP contribution is 2.28. The zero-order valence-electron chi connectivity index (χ0n) is 18.2. The van der Waals surface area contributed by atoms with Crippen molar-refractivity contribution < 1.29 is 4.74 Å². The Morgan fingerprint density at radius 1 is 1.19 bits per heavy atom. The van der Waals surface area contributed by atoms with E-state index in [4.69, 9.17) is 4.74 Å². The first-order chi connectivity index (χ1) is 14.7. The molecule has 1 aromatic carbocycles. The molecule has 0 amide bonds. The van der Waals surface area contributed by atoms with Gasteiger partial charge in [0.15, 0.2) is 5.96 Å². The number of likely N-dealkylation sites (tertiary alicyclic amines) is 1. The van der Waals surface area contributed by atoms with Gasteiger partial charge in [0, 0.05) is 51.2 Å². The molecule has 0 aliphatic carbocycles. The molecular weight excluding hydrogens is 503 g/mol. The number of rotatable bonds is 5. The van der Waals surface area contributed by atoms with Crippen LogP contribution in [0.2, 0.25) is 0 Å². The van der Waals surface area contributed by atoms with Crippen molar-refractivity contribution in [1.29, 1.82) is 0 Å². The lowest BCUT2D eigenvalue weighted by atomic mass is 9.98. The van der Waals surface area contributed by atoms with Crippen LogP contribution in [0.1, 0.15) is 29.3 Å². The van der Waals surface area contributed by atoms with Crippen LogP contribution in [-0.4, -0.2) is 52.6 Å². The highest BCUT2D eigenvalue weighted by molar-refractivity contribution is 14.0. The van der Waals surface area contributed by atoms with Gasteiger partial charge in [-0.3, -0.25) is 9.56 Å². The van der Waals surface area contributed by atoms with Crippen LogP contribution in [0.5, 0.6) is 5.75 Å². The van der Waals surface area contributed by atoms with Crippen LogP contribution in [0, 0.1) is 6.92 Å². The first-order valence-corrected chi connectivity index (χ1v) is 10.2. The van der Waals surface area contributed by atoms with Gasteiger partial charge in [0.2, 0.25) is 0 Å². The molecule has 1 atom stereocenters. The number of hydrogen-bond acceptors (Lipinski definition) is 4.